The Hall–Kier alpha value is -2.68. The third-order valence-electron chi connectivity index (χ3n) is 3.86. The number of rotatable bonds is 4. The molecule has 0 aromatic heterocycles. The highest BCUT2D eigenvalue weighted by atomic mass is 31.2. The van der Waals surface area contributed by atoms with Crippen LogP contribution in [0, 0.1) is 11.3 Å². The van der Waals surface area contributed by atoms with Gasteiger partial charge in [0, 0.05) is 0 Å². The number of allylic oxidation sites excluding steroid dienone is 1. The number of nitrogens with zero attached hydrogens (tertiary/aromatic N) is 1. The van der Waals surface area contributed by atoms with E-state index >= 15 is 0 Å². The summed E-state index contributed by atoms with van der Waals surface area (Å²) in [7, 11) is -1.97. The summed E-state index contributed by atoms with van der Waals surface area (Å²) >= 11 is 0. The van der Waals surface area contributed by atoms with Crippen LogP contribution in [0.2, 0.25) is 0 Å². The van der Waals surface area contributed by atoms with Gasteiger partial charge in [-0.1, -0.05) is 54.6 Å². The fraction of sp³-hybridized carbons (Fsp3) is 0. The van der Waals surface area contributed by atoms with Gasteiger partial charge in [-0.3, -0.25) is 0 Å². The van der Waals surface area contributed by atoms with Gasteiger partial charge in [0.05, 0.1) is 18.0 Å². The fourth-order valence-corrected chi connectivity index (χ4v) is 6.47. The van der Waals surface area contributed by atoms with Crippen molar-refractivity contribution in [3.63, 3.8) is 0 Å². The van der Waals surface area contributed by atoms with Crippen LogP contribution >= 0.6 is 7.26 Å². The van der Waals surface area contributed by atoms with E-state index in [9.17, 15) is 0 Å². The Bertz CT molecular complexity index is 721. The van der Waals surface area contributed by atoms with Gasteiger partial charge in [-0.25, -0.2) is 0 Å². The van der Waals surface area contributed by atoms with Gasteiger partial charge < -0.3 is 0 Å². The van der Waals surface area contributed by atoms with Gasteiger partial charge in [0.2, 0.25) is 0 Å². The van der Waals surface area contributed by atoms with Gasteiger partial charge in [0.1, 0.15) is 23.2 Å². The molecule has 0 aliphatic carbocycles. The predicted octanol–water partition coefficient (Wildman–Crippen LogP) is 4.02. The maximum absolute atomic E-state index is 9.15. The van der Waals surface area contributed by atoms with Crippen LogP contribution in [-0.2, 0) is 0 Å². The summed E-state index contributed by atoms with van der Waals surface area (Å²) in [6.45, 7) is 0. The molecule has 0 radical (unpaired) electrons. The van der Waals surface area contributed by atoms with Crippen molar-refractivity contribution < 1.29 is 0 Å². The predicted molar refractivity (Wildman–Crippen MR) is 99.9 cm³/mol. The van der Waals surface area contributed by atoms with Gasteiger partial charge in [-0.15, -0.1) is 0 Å². The third-order valence-corrected chi connectivity index (χ3v) is 7.80. The summed E-state index contributed by atoms with van der Waals surface area (Å²) in [5, 5.41) is 12.9. The molecule has 0 saturated heterocycles. The lowest BCUT2D eigenvalue weighted by Gasteiger charge is -2.23. The lowest BCUT2D eigenvalue weighted by molar-refractivity contribution is 1.54. The van der Waals surface area contributed by atoms with Gasteiger partial charge in [-0.05, 0) is 36.4 Å². The second-order valence-corrected chi connectivity index (χ2v) is 8.47. The Morgan fingerprint density at radius 2 is 0.957 bits per heavy atom. The molecule has 2 heteroatoms. The summed E-state index contributed by atoms with van der Waals surface area (Å²) in [4.78, 5) is 0. The molecule has 23 heavy (non-hydrogen) atoms. The van der Waals surface area contributed by atoms with E-state index in [-0.39, 0.29) is 0 Å². The lowest BCUT2D eigenvalue weighted by Crippen LogP contribution is -2.29. The van der Waals surface area contributed by atoms with Crippen LogP contribution in [0.5, 0.6) is 0 Å². The van der Waals surface area contributed by atoms with Crippen LogP contribution in [0.1, 0.15) is 0 Å². The minimum Gasteiger partial charge on any atom is -0.193 e. The van der Waals surface area contributed by atoms with Crippen LogP contribution in [0.25, 0.3) is 0 Å². The number of nitriles is 1. The first-order chi connectivity index (χ1) is 11.4. The van der Waals surface area contributed by atoms with Gasteiger partial charge in [-0.2, -0.15) is 5.26 Å². The van der Waals surface area contributed by atoms with E-state index in [1.54, 1.807) is 6.08 Å². The molecule has 0 N–H and O–H groups in total. The summed E-state index contributed by atoms with van der Waals surface area (Å²) in [6.07, 6.45) is 1.63. The third kappa shape index (κ3) is 2.95. The first-order valence-electron chi connectivity index (χ1n) is 7.51. The molecule has 0 atom stereocenters. The molecule has 3 aromatic rings. The Balaban J connectivity index is 2.35. The zero-order valence-electron chi connectivity index (χ0n) is 12.7. The second kappa shape index (κ2) is 7.05. The van der Waals surface area contributed by atoms with E-state index in [4.69, 9.17) is 5.26 Å². The van der Waals surface area contributed by atoms with Gasteiger partial charge in [0.25, 0.3) is 0 Å². The highest BCUT2D eigenvalue weighted by Crippen LogP contribution is 2.56. The number of hydrogen-bond acceptors (Lipinski definition) is 1. The van der Waals surface area contributed by atoms with Crippen molar-refractivity contribution in [1.29, 1.82) is 5.26 Å². The van der Waals surface area contributed by atoms with Crippen LogP contribution in [0.4, 0.5) is 0 Å². The van der Waals surface area contributed by atoms with E-state index in [2.05, 4.69) is 84.7 Å². The molecule has 0 bridgehead atoms. The summed E-state index contributed by atoms with van der Waals surface area (Å²) in [5.74, 6) is 2.10. The van der Waals surface area contributed by atoms with Gasteiger partial charge >= 0.3 is 0 Å². The molecular formula is C21H17NP+. The fourth-order valence-electron chi connectivity index (χ4n) is 2.84. The molecule has 0 aliphatic heterocycles. The van der Waals surface area contributed by atoms with Crippen LogP contribution in [0.15, 0.2) is 103 Å². The Morgan fingerprint density at radius 1 is 0.609 bits per heavy atom. The zero-order chi connectivity index (χ0) is 16.0. The monoisotopic (exact) mass is 314 g/mol. The van der Waals surface area contributed by atoms with Crippen molar-refractivity contribution in [1.82, 2.24) is 0 Å². The van der Waals surface area contributed by atoms with Crippen molar-refractivity contribution in [2.75, 3.05) is 0 Å². The van der Waals surface area contributed by atoms with E-state index in [1.165, 1.54) is 15.9 Å². The highest BCUT2D eigenvalue weighted by molar-refractivity contribution is 7.98. The van der Waals surface area contributed by atoms with Crippen molar-refractivity contribution in [3.8, 4) is 6.07 Å². The number of benzene rings is 3. The minimum absolute atomic E-state index is 1.25. The summed E-state index contributed by atoms with van der Waals surface area (Å²) < 4.78 is 0. The normalized spacial score (nSPS) is 11.3. The average molecular weight is 314 g/mol. The molecular weight excluding hydrogens is 297 g/mol. The first-order valence-corrected chi connectivity index (χ1v) is 9.36. The maximum Gasteiger partial charge on any atom is 0.137 e. The summed E-state index contributed by atoms with van der Waals surface area (Å²) in [6, 6.07) is 33.6. The van der Waals surface area contributed by atoms with Crippen LogP contribution in [-0.4, -0.2) is 0 Å². The molecule has 0 saturated carbocycles. The SMILES string of the molecule is N#C/C=C/[P+](c1ccccc1)(c1ccccc1)c1ccccc1. The molecule has 0 heterocycles. The minimum atomic E-state index is -1.97. The van der Waals surface area contributed by atoms with E-state index in [1.807, 2.05) is 18.2 Å². The standard InChI is InChI=1S/C21H17NP/c22-17-10-18-23(19-11-4-1-5-12-19,20-13-6-2-7-14-20)21-15-8-3-9-16-21/h1-16,18H/q+1/b18-10+. The van der Waals surface area contributed by atoms with Crippen molar-refractivity contribution in [2.24, 2.45) is 0 Å². The van der Waals surface area contributed by atoms with E-state index in [0.717, 1.165) is 0 Å². The lowest BCUT2D eigenvalue weighted by atomic mass is 10.4. The second-order valence-electron chi connectivity index (χ2n) is 5.17. The Morgan fingerprint density at radius 3 is 1.26 bits per heavy atom. The van der Waals surface area contributed by atoms with E-state index < -0.39 is 7.26 Å². The Kier molecular flexibility index (Phi) is 4.67. The topological polar surface area (TPSA) is 23.8 Å². The first kappa shape index (κ1) is 15.2. The molecule has 110 valence electrons. The largest absolute Gasteiger partial charge is 0.193 e. The average Bonchev–Trinajstić information content (AvgIpc) is 2.65. The van der Waals surface area contributed by atoms with Crippen molar-refractivity contribution >= 4 is 23.2 Å². The van der Waals surface area contributed by atoms with Crippen LogP contribution < -0.4 is 15.9 Å². The maximum atomic E-state index is 9.15. The molecule has 3 aromatic carbocycles. The van der Waals surface area contributed by atoms with Crippen LogP contribution in [0.3, 0.4) is 0 Å². The molecule has 3 rings (SSSR count). The van der Waals surface area contributed by atoms with Gasteiger partial charge in [0.15, 0.2) is 0 Å². The van der Waals surface area contributed by atoms with E-state index in [0.29, 0.717) is 0 Å². The quantitative estimate of drug-likeness (QED) is 0.527. The molecule has 0 spiro atoms. The van der Waals surface area contributed by atoms with Crippen molar-refractivity contribution in [3.05, 3.63) is 103 Å². The molecule has 1 nitrogen and oxygen atoms in total. The number of hydrogen-bond donors (Lipinski definition) is 0. The summed E-state index contributed by atoms with van der Waals surface area (Å²) in [5.41, 5.74) is 0. The highest BCUT2D eigenvalue weighted by Gasteiger charge is 2.43. The Labute approximate surface area is 137 Å². The zero-order valence-corrected chi connectivity index (χ0v) is 13.6. The molecule has 0 amide bonds. The molecule has 0 unspecified atom stereocenters. The molecule has 0 aliphatic rings. The smallest absolute Gasteiger partial charge is 0.137 e. The molecule has 0 fully saturated rings. The van der Waals surface area contributed by atoms with Crippen molar-refractivity contribution in [2.45, 2.75) is 0 Å².